The largest absolute Gasteiger partial charge is 0.371 e. The van der Waals surface area contributed by atoms with Gasteiger partial charge in [-0.2, -0.15) is 5.26 Å². The minimum atomic E-state index is 0.178. The fourth-order valence-corrected chi connectivity index (χ4v) is 8.06. The highest BCUT2D eigenvalue weighted by atomic mass is 15.2. The standard InChI is InChI=1S/C34H43N5/c1-2-33-36-18-21-38(33)26-34(30-10-6-7-11-30,29-8-4-3-5-9-29)31-16-19-37(20-17-31)23-28-24-39(25-28)32-14-12-27(22-35)13-15-32/h3-5,8-9,12-15,18,21,28,30-31H,2,6-7,10-11,16-17,19-20,23-26H2,1H3. The molecule has 1 aromatic heterocycles. The number of piperidine rings is 1. The van der Waals surface area contributed by atoms with Gasteiger partial charge in [0.25, 0.3) is 0 Å². The first-order chi connectivity index (χ1) is 19.2. The Morgan fingerprint density at radius 3 is 2.28 bits per heavy atom. The number of imidazole rings is 1. The number of aromatic nitrogens is 2. The van der Waals surface area contributed by atoms with Crippen LogP contribution < -0.4 is 4.90 Å². The number of rotatable bonds is 9. The number of hydrogen-bond acceptors (Lipinski definition) is 4. The van der Waals surface area contributed by atoms with Gasteiger partial charge in [0, 0.05) is 62.0 Å². The molecule has 0 spiro atoms. The van der Waals surface area contributed by atoms with E-state index < -0.39 is 0 Å². The Hall–Kier alpha value is -3.10. The summed E-state index contributed by atoms with van der Waals surface area (Å²) in [4.78, 5) is 9.92. The molecular weight excluding hydrogens is 478 g/mol. The first kappa shape index (κ1) is 26.1. The molecule has 0 radical (unpaired) electrons. The maximum Gasteiger partial charge on any atom is 0.108 e. The van der Waals surface area contributed by atoms with Crippen LogP contribution in [0.2, 0.25) is 0 Å². The van der Waals surface area contributed by atoms with Gasteiger partial charge in [0.05, 0.1) is 11.6 Å². The van der Waals surface area contributed by atoms with Gasteiger partial charge in [0.2, 0.25) is 0 Å². The average molecular weight is 522 g/mol. The van der Waals surface area contributed by atoms with E-state index in [-0.39, 0.29) is 5.41 Å². The van der Waals surface area contributed by atoms with E-state index in [4.69, 9.17) is 10.2 Å². The highest BCUT2D eigenvalue weighted by Gasteiger charge is 2.48. The predicted octanol–water partition coefficient (Wildman–Crippen LogP) is 6.29. The topological polar surface area (TPSA) is 48.1 Å². The molecule has 0 bridgehead atoms. The molecule has 6 rings (SSSR count). The SMILES string of the molecule is CCc1nccn1CC(c1ccccc1)(C1CCCC1)C1CCN(CC2CN(c3ccc(C#N)cc3)C2)CC1. The molecule has 0 N–H and O–H groups in total. The minimum absolute atomic E-state index is 0.178. The van der Waals surface area contributed by atoms with Crippen LogP contribution in [0.15, 0.2) is 67.0 Å². The van der Waals surface area contributed by atoms with Crippen LogP contribution in [-0.4, -0.2) is 47.2 Å². The second kappa shape index (κ2) is 11.6. The number of benzene rings is 2. The summed E-state index contributed by atoms with van der Waals surface area (Å²) in [5.41, 5.74) is 3.72. The highest BCUT2D eigenvalue weighted by Crippen LogP contribution is 2.51. The zero-order valence-corrected chi connectivity index (χ0v) is 23.5. The minimum Gasteiger partial charge on any atom is -0.371 e. The van der Waals surface area contributed by atoms with Crippen molar-refractivity contribution in [1.82, 2.24) is 14.5 Å². The van der Waals surface area contributed by atoms with Gasteiger partial charge in [-0.05, 0) is 80.4 Å². The van der Waals surface area contributed by atoms with Crippen molar-refractivity contribution in [3.63, 3.8) is 0 Å². The molecule has 3 heterocycles. The molecule has 39 heavy (non-hydrogen) atoms. The van der Waals surface area contributed by atoms with E-state index in [0.717, 1.165) is 43.5 Å². The van der Waals surface area contributed by atoms with Crippen LogP contribution in [0.1, 0.15) is 62.4 Å². The number of nitriles is 1. The van der Waals surface area contributed by atoms with Crippen molar-refractivity contribution in [3.05, 3.63) is 83.9 Å². The number of anilines is 1. The number of hydrogen-bond donors (Lipinski definition) is 0. The molecule has 1 saturated carbocycles. The molecule has 1 aliphatic carbocycles. The second-order valence-corrected chi connectivity index (χ2v) is 12.2. The van der Waals surface area contributed by atoms with Crippen LogP contribution in [0, 0.1) is 29.1 Å². The van der Waals surface area contributed by atoms with E-state index in [1.54, 1.807) is 5.56 Å². The molecule has 0 amide bonds. The Bertz CT molecular complexity index is 1240. The summed E-state index contributed by atoms with van der Waals surface area (Å²) in [5.74, 6) is 3.41. The van der Waals surface area contributed by atoms with Crippen LogP contribution in [0.25, 0.3) is 0 Å². The molecule has 2 aliphatic heterocycles. The molecule has 2 aromatic carbocycles. The molecule has 204 valence electrons. The van der Waals surface area contributed by atoms with E-state index in [2.05, 4.69) is 76.0 Å². The van der Waals surface area contributed by atoms with Crippen molar-refractivity contribution in [2.24, 2.45) is 17.8 Å². The fraction of sp³-hybridized carbons (Fsp3) is 0.529. The van der Waals surface area contributed by atoms with E-state index in [1.165, 1.54) is 69.7 Å². The van der Waals surface area contributed by atoms with Crippen LogP contribution in [0.3, 0.4) is 0 Å². The molecule has 1 atom stereocenters. The summed E-state index contributed by atoms with van der Waals surface area (Å²) in [6.45, 7) is 9.19. The molecule has 5 heteroatoms. The quantitative estimate of drug-likeness (QED) is 0.332. The summed E-state index contributed by atoms with van der Waals surface area (Å²) in [6.07, 6.45) is 13.3. The summed E-state index contributed by atoms with van der Waals surface area (Å²) >= 11 is 0. The lowest BCUT2D eigenvalue weighted by Crippen LogP contribution is -2.54. The Morgan fingerprint density at radius 2 is 1.62 bits per heavy atom. The summed E-state index contributed by atoms with van der Waals surface area (Å²) < 4.78 is 2.49. The Morgan fingerprint density at radius 1 is 0.923 bits per heavy atom. The van der Waals surface area contributed by atoms with Crippen molar-refractivity contribution in [3.8, 4) is 6.07 Å². The fourth-order valence-electron chi connectivity index (χ4n) is 8.06. The van der Waals surface area contributed by atoms with E-state index in [0.29, 0.717) is 5.92 Å². The lowest BCUT2D eigenvalue weighted by molar-refractivity contribution is 0.0641. The van der Waals surface area contributed by atoms with E-state index in [9.17, 15) is 0 Å². The molecule has 3 fully saturated rings. The van der Waals surface area contributed by atoms with Gasteiger partial charge in [-0.1, -0.05) is 50.1 Å². The Kier molecular flexibility index (Phi) is 7.75. The van der Waals surface area contributed by atoms with Gasteiger partial charge in [-0.15, -0.1) is 0 Å². The number of nitrogens with zero attached hydrogens (tertiary/aromatic N) is 5. The molecule has 3 aliphatic rings. The maximum atomic E-state index is 9.07. The zero-order chi connectivity index (χ0) is 26.7. The first-order valence-corrected chi connectivity index (χ1v) is 15.2. The highest BCUT2D eigenvalue weighted by molar-refractivity contribution is 5.51. The summed E-state index contributed by atoms with van der Waals surface area (Å²) in [7, 11) is 0. The summed E-state index contributed by atoms with van der Waals surface area (Å²) in [6, 6.07) is 21.8. The van der Waals surface area contributed by atoms with Crippen molar-refractivity contribution >= 4 is 5.69 Å². The van der Waals surface area contributed by atoms with Gasteiger partial charge in [0.15, 0.2) is 0 Å². The van der Waals surface area contributed by atoms with Gasteiger partial charge < -0.3 is 14.4 Å². The van der Waals surface area contributed by atoms with E-state index >= 15 is 0 Å². The third-order valence-corrected chi connectivity index (χ3v) is 10.1. The molecular formula is C34H43N5. The Labute approximate surface area is 234 Å². The average Bonchev–Trinajstić information content (AvgIpc) is 3.67. The van der Waals surface area contributed by atoms with Gasteiger partial charge in [-0.25, -0.2) is 4.98 Å². The smallest absolute Gasteiger partial charge is 0.108 e. The van der Waals surface area contributed by atoms with Crippen molar-refractivity contribution < 1.29 is 0 Å². The Balaban J connectivity index is 1.15. The first-order valence-electron chi connectivity index (χ1n) is 15.2. The van der Waals surface area contributed by atoms with Gasteiger partial charge in [-0.3, -0.25) is 0 Å². The van der Waals surface area contributed by atoms with Crippen molar-refractivity contribution in [1.29, 1.82) is 5.26 Å². The lowest BCUT2D eigenvalue weighted by atomic mass is 9.59. The third kappa shape index (κ3) is 5.24. The molecule has 1 unspecified atom stereocenters. The van der Waals surface area contributed by atoms with Crippen molar-refractivity contribution in [2.75, 3.05) is 37.6 Å². The van der Waals surface area contributed by atoms with Crippen LogP contribution in [0.4, 0.5) is 5.69 Å². The van der Waals surface area contributed by atoms with E-state index in [1.807, 2.05) is 18.3 Å². The monoisotopic (exact) mass is 521 g/mol. The lowest BCUT2D eigenvalue weighted by Gasteiger charge is -2.50. The van der Waals surface area contributed by atoms with Crippen LogP contribution in [-0.2, 0) is 18.4 Å². The number of aryl methyl sites for hydroxylation is 1. The van der Waals surface area contributed by atoms with Gasteiger partial charge in [0.1, 0.15) is 5.82 Å². The van der Waals surface area contributed by atoms with Crippen molar-refractivity contribution in [2.45, 2.75) is 63.8 Å². The molecule has 5 nitrogen and oxygen atoms in total. The third-order valence-electron chi connectivity index (χ3n) is 10.1. The van der Waals surface area contributed by atoms with Crippen LogP contribution in [0.5, 0.6) is 0 Å². The summed E-state index contributed by atoms with van der Waals surface area (Å²) in [5, 5.41) is 9.07. The second-order valence-electron chi connectivity index (χ2n) is 12.2. The predicted molar refractivity (Wildman–Crippen MR) is 158 cm³/mol. The normalized spacial score (nSPS) is 21.0. The van der Waals surface area contributed by atoms with Gasteiger partial charge >= 0.3 is 0 Å². The molecule has 3 aromatic rings. The maximum absolute atomic E-state index is 9.07. The zero-order valence-electron chi connectivity index (χ0n) is 23.5. The number of likely N-dealkylation sites (tertiary alicyclic amines) is 1. The molecule has 2 saturated heterocycles. The van der Waals surface area contributed by atoms with Crippen LogP contribution >= 0.6 is 0 Å².